The number of aryl methyl sites for hydroxylation is 2. The van der Waals surface area contributed by atoms with Crippen LogP contribution in [0.1, 0.15) is 89.9 Å². The molecule has 1 heterocycles. The third-order valence-corrected chi connectivity index (χ3v) is 16.7. The first-order valence-corrected chi connectivity index (χ1v) is 35.3. The van der Waals surface area contributed by atoms with E-state index in [4.69, 9.17) is 56.8 Å². The Morgan fingerprint density at radius 1 is 0.510 bits per heavy atom. The van der Waals surface area contributed by atoms with Crippen molar-refractivity contribution in [3.05, 3.63) is 143 Å². The number of carbonyl (C=O) groups excluding carboxylic acids is 3. The van der Waals surface area contributed by atoms with Gasteiger partial charge < -0.3 is 77.3 Å². The molecular formula is C72H104F3N5O17S. The van der Waals surface area contributed by atoms with Crippen molar-refractivity contribution in [2.75, 3.05) is 202 Å². The molecule has 1 aromatic heterocycles. The zero-order chi connectivity index (χ0) is 70.9. The summed E-state index contributed by atoms with van der Waals surface area (Å²) in [6.45, 7) is 21.1. The molecule has 22 nitrogen and oxygen atoms in total. The number of aromatic nitrogens is 1. The van der Waals surface area contributed by atoms with Gasteiger partial charge in [-0.3, -0.25) is 19.4 Å². The smallest absolute Gasteiger partial charge is 0.383 e. The number of pyridine rings is 1. The first kappa shape index (κ1) is 83.9. The predicted molar refractivity (Wildman–Crippen MR) is 370 cm³/mol. The summed E-state index contributed by atoms with van der Waals surface area (Å²) in [4.78, 5) is 47.5. The molecule has 0 aliphatic carbocycles. The number of hydrogen-bond acceptors (Lipinski definition) is 19. The van der Waals surface area contributed by atoms with Gasteiger partial charge in [0.25, 0.3) is 11.8 Å². The van der Waals surface area contributed by atoms with Gasteiger partial charge in [0.05, 0.1) is 160 Å². The van der Waals surface area contributed by atoms with Crippen LogP contribution in [0.3, 0.4) is 0 Å². The number of rotatable bonds is 53. The van der Waals surface area contributed by atoms with Crippen LogP contribution in [-0.4, -0.2) is 228 Å². The first-order chi connectivity index (χ1) is 47.6. The summed E-state index contributed by atoms with van der Waals surface area (Å²) in [5.41, 5.74) is 4.72. The fourth-order valence-electron chi connectivity index (χ4n) is 9.41. The Bertz CT molecular complexity index is 3090. The summed E-state index contributed by atoms with van der Waals surface area (Å²) in [7, 11) is -0.0616. The molecule has 3 amide bonds. The number of benzene rings is 4. The highest BCUT2D eigenvalue weighted by Crippen LogP contribution is 2.33. The van der Waals surface area contributed by atoms with Crippen LogP contribution in [0, 0.1) is 0 Å². The van der Waals surface area contributed by atoms with E-state index < -0.39 is 27.5 Å². The van der Waals surface area contributed by atoms with E-state index in [1.165, 1.54) is 24.4 Å². The molecule has 5 aromatic rings. The largest absolute Gasteiger partial charge is 0.416 e. The number of amides is 3. The maximum Gasteiger partial charge on any atom is 0.416 e. The average molecular weight is 1400 g/mol. The molecule has 98 heavy (non-hydrogen) atoms. The lowest BCUT2D eigenvalue weighted by atomic mass is 10.0. The number of sulfone groups is 1. The molecule has 0 fully saturated rings. The van der Waals surface area contributed by atoms with E-state index in [9.17, 15) is 36.0 Å². The number of nitrogens with zero attached hydrogens (tertiary/aromatic N) is 3. The molecular weight excluding hydrogens is 1300 g/mol. The Balaban J connectivity index is 0.000000553. The van der Waals surface area contributed by atoms with Crippen molar-refractivity contribution in [2.45, 2.75) is 77.4 Å². The van der Waals surface area contributed by atoms with E-state index in [0.29, 0.717) is 211 Å². The minimum Gasteiger partial charge on any atom is -0.383 e. The Morgan fingerprint density at radius 2 is 1.02 bits per heavy atom. The van der Waals surface area contributed by atoms with E-state index in [0.717, 1.165) is 54.9 Å². The summed E-state index contributed by atoms with van der Waals surface area (Å²) in [6, 6.07) is 28.0. The van der Waals surface area contributed by atoms with E-state index in [1.807, 2.05) is 76.2 Å². The number of methoxy groups -OCH3 is 2. The van der Waals surface area contributed by atoms with Crippen molar-refractivity contribution in [2.24, 2.45) is 0 Å². The molecule has 2 N–H and O–H groups in total. The third-order valence-electron chi connectivity index (χ3n) is 14.9. The van der Waals surface area contributed by atoms with E-state index >= 15 is 0 Å². The molecule has 26 heteroatoms. The van der Waals surface area contributed by atoms with Crippen LogP contribution < -0.4 is 15.5 Å². The lowest BCUT2D eigenvalue weighted by Crippen LogP contribution is -2.36. The maximum absolute atomic E-state index is 13.7. The SMILES string of the molecule is CCC(=O)N(CCOC)CCOCCOCCOCCOCCOCCOCCOC.CCc1ccc(S(=O)(=O)CCCOCCOCCOCCOCCCc2cccc(C(=O)Nc3ccc(N(CC)CC)cc3-c3cc(C(=O)NCc4cccc(C(F)(F)F)c4)ccn3)c2)cc1. The van der Waals surface area contributed by atoms with Crippen molar-refractivity contribution >= 4 is 38.9 Å². The van der Waals surface area contributed by atoms with Gasteiger partial charge in [0.2, 0.25) is 5.91 Å². The molecule has 4 aromatic carbocycles. The van der Waals surface area contributed by atoms with Gasteiger partial charge in [0.1, 0.15) is 0 Å². The lowest BCUT2D eigenvalue weighted by molar-refractivity contribution is -0.137. The van der Waals surface area contributed by atoms with Crippen molar-refractivity contribution < 1.29 is 92.8 Å². The van der Waals surface area contributed by atoms with Crippen LogP contribution in [0.15, 0.2) is 114 Å². The summed E-state index contributed by atoms with van der Waals surface area (Å²) < 4.78 is 129. The molecule has 0 bridgehead atoms. The second kappa shape index (κ2) is 50.8. The highest BCUT2D eigenvalue weighted by molar-refractivity contribution is 7.91. The normalized spacial score (nSPS) is 11.5. The van der Waals surface area contributed by atoms with E-state index in [1.54, 1.807) is 43.4 Å². The molecule has 0 aliphatic heterocycles. The molecule has 0 unspecified atom stereocenters. The summed E-state index contributed by atoms with van der Waals surface area (Å²) in [5.74, 6) is -0.673. The zero-order valence-electron chi connectivity index (χ0n) is 58.1. The molecule has 0 spiro atoms. The maximum atomic E-state index is 13.7. The Hall–Kier alpha value is -6.50. The minimum absolute atomic E-state index is 0.0323. The quantitative estimate of drug-likeness (QED) is 0.0344. The number of alkyl halides is 3. The number of carbonyl (C=O) groups is 3. The Labute approximate surface area is 577 Å². The summed E-state index contributed by atoms with van der Waals surface area (Å²) >= 11 is 0. The van der Waals surface area contributed by atoms with Crippen LogP contribution in [0.5, 0.6) is 0 Å². The fraction of sp³-hybridized carbons (Fsp3) is 0.556. The summed E-state index contributed by atoms with van der Waals surface area (Å²) in [5, 5.41) is 5.74. The number of halogens is 3. The molecule has 0 radical (unpaired) electrons. The highest BCUT2D eigenvalue weighted by Gasteiger charge is 2.30. The number of hydrogen-bond donors (Lipinski definition) is 2. The molecule has 0 aliphatic rings. The van der Waals surface area contributed by atoms with Gasteiger partial charge in [-0.2, -0.15) is 13.2 Å². The Morgan fingerprint density at radius 3 is 1.56 bits per heavy atom. The predicted octanol–water partition coefficient (Wildman–Crippen LogP) is 9.84. The number of ether oxygens (including phenoxy) is 12. The Kier molecular flexibility index (Phi) is 43.5. The lowest BCUT2D eigenvalue weighted by Gasteiger charge is -2.23. The van der Waals surface area contributed by atoms with Crippen LogP contribution >= 0.6 is 0 Å². The fourth-order valence-corrected chi connectivity index (χ4v) is 10.7. The van der Waals surface area contributed by atoms with Crippen molar-refractivity contribution in [1.29, 1.82) is 0 Å². The number of nitrogens with one attached hydrogen (secondary N) is 2. The van der Waals surface area contributed by atoms with E-state index in [-0.39, 0.29) is 29.7 Å². The van der Waals surface area contributed by atoms with Crippen molar-refractivity contribution in [3.8, 4) is 11.3 Å². The molecule has 0 saturated heterocycles. The van der Waals surface area contributed by atoms with Crippen LogP contribution in [0.2, 0.25) is 0 Å². The second-order valence-corrected chi connectivity index (χ2v) is 24.1. The minimum atomic E-state index is -4.50. The third kappa shape index (κ3) is 35.0. The monoisotopic (exact) mass is 1400 g/mol. The molecule has 0 atom stereocenters. The van der Waals surface area contributed by atoms with Gasteiger partial charge in [-0.1, -0.05) is 50.2 Å². The van der Waals surface area contributed by atoms with Gasteiger partial charge in [-0.25, -0.2) is 8.42 Å². The topological polar surface area (TPSA) is 240 Å². The van der Waals surface area contributed by atoms with E-state index in [2.05, 4.69) is 20.5 Å². The van der Waals surface area contributed by atoms with Gasteiger partial charge in [-0.05, 0) is 123 Å². The van der Waals surface area contributed by atoms with Crippen LogP contribution in [0.25, 0.3) is 11.3 Å². The van der Waals surface area contributed by atoms with Gasteiger partial charge in [0, 0.05) is 95.2 Å². The number of anilines is 2. The highest BCUT2D eigenvalue weighted by atomic mass is 32.2. The van der Waals surface area contributed by atoms with Gasteiger partial charge in [-0.15, -0.1) is 0 Å². The van der Waals surface area contributed by atoms with Crippen molar-refractivity contribution in [3.63, 3.8) is 0 Å². The zero-order valence-corrected chi connectivity index (χ0v) is 58.9. The standard InChI is InChI=1S/C51H61F3N4O8S.C21H43NO9/c1-4-38-16-19-45(20-17-38)67(61,62)32-10-25-64-27-29-66-31-30-65-28-26-63-24-9-13-39-11-7-14-41(33-39)50(60)57-47-21-18-44(58(5-2)6-3)36-46(47)48-35-42(22-23-55-48)49(59)56-37-40-12-8-15-43(34-40)51(52,53)54;1-4-21(23)22(5-7-24-2)6-8-26-11-12-28-15-16-30-19-20-31-18-17-29-14-13-27-10-9-25-3/h7-8,11-12,14-23,33-36H,4-6,9-10,13,24-32,37H2,1-3H3,(H,56,59)(H,57,60);4-20H2,1-3H3. The first-order valence-electron chi connectivity index (χ1n) is 33.6. The molecule has 0 saturated carbocycles. The van der Waals surface area contributed by atoms with Crippen LogP contribution in [0.4, 0.5) is 24.5 Å². The van der Waals surface area contributed by atoms with Crippen LogP contribution in [-0.2, 0) is 97.0 Å². The van der Waals surface area contributed by atoms with Crippen molar-refractivity contribution in [1.82, 2.24) is 15.2 Å². The summed E-state index contributed by atoms with van der Waals surface area (Å²) in [6.07, 6.45) is 0.164. The molecule has 546 valence electrons. The average Bonchev–Trinajstić information content (AvgIpc) is 0.791. The van der Waals surface area contributed by atoms with Gasteiger partial charge >= 0.3 is 6.18 Å². The van der Waals surface area contributed by atoms with Gasteiger partial charge in [0.15, 0.2) is 9.84 Å². The molecule has 5 rings (SSSR count). The second-order valence-electron chi connectivity index (χ2n) is 22.0.